The van der Waals surface area contributed by atoms with Gasteiger partial charge in [0.15, 0.2) is 0 Å². The molecule has 4 aliphatic rings. The van der Waals surface area contributed by atoms with Crippen LogP contribution in [0.3, 0.4) is 0 Å². The van der Waals surface area contributed by atoms with Gasteiger partial charge in [0.05, 0.1) is 10.8 Å². The minimum atomic E-state index is -0.556. The maximum atomic E-state index is 6.64. The van der Waals surface area contributed by atoms with Gasteiger partial charge >= 0.3 is 0 Å². The molecule has 0 atom stereocenters. The summed E-state index contributed by atoms with van der Waals surface area (Å²) in [5, 5.41) is 0. The van der Waals surface area contributed by atoms with Crippen molar-refractivity contribution in [3.8, 4) is 56.4 Å². The number of hydrogen-bond donors (Lipinski definition) is 0. The summed E-state index contributed by atoms with van der Waals surface area (Å²) in [5.41, 5.74) is 19.3. The van der Waals surface area contributed by atoms with Crippen molar-refractivity contribution in [2.24, 2.45) is 0 Å². The Morgan fingerprint density at radius 3 is 1.18 bits per heavy atom. The standard InChI is InChI=1S/C62H39NO2/c1-2-16-42(17-3-1)63(44-35-36-47-45-18-4-6-20-49(45)62(56(47)39-44)54-24-10-14-28-59(54)65-60-29-15-11-25-55(60)62)43-33-30-40(31-34-43)41-32-37-51-48(38-41)46-19-5-7-21-50(46)61(51)52-22-8-12-26-57(52)64-58-27-13-9-23-53(58)61/h1-39H. The lowest BCUT2D eigenvalue weighted by molar-refractivity contribution is 0.436. The number of benzene rings is 10. The van der Waals surface area contributed by atoms with Crippen LogP contribution in [0.2, 0.25) is 0 Å². The fourth-order valence-electron chi connectivity index (χ4n) is 11.8. The second-order valence-electron chi connectivity index (χ2n) is 17.5. The van der Waals surface area contributed by atoms with Crippen LogP contribution in [0.25, 0.3) is 33.4 Å². The summed E-state index contributed by atoms with van der Waals surface area (Å²) in [5.74, 6) is 3.59. The van der Waals surface area contributed by atoms with Crippen molar-refractivity contribution in [3.63, 3.8) is 0 Å². The molecule has 2 aliphatic heterocycles. The highest BCUT2D eigenvalue weighted by Gasteiger charge is 2.52. The van der Waals surface area contributed by atoms with E-state index in [-0.39, 0.29) is 0 Å². The van der Waals surface area contributed by atoms with Crippen LogP contribution in [-0.4, -0.2) is 0 Å². The summed E-state index contributed by atoms with van der Waals surface area (Å²) >= 11 is 0. The van der Waals surface area contributed by atoms with Gasteiger partial charge < -0.3 is 14.4 Å². The first-order chi connectivity index (χ1) is 32.2. The molecule has 10 aromatic rings. The molecule has 2 aliphatic carbocycles. The average molecular weight is 830 g/mol. The van der Waals surface area contributed by atoms with Gasteiger partial charge in [-0.1, -0.05) is 170 Å². The van der Waals surface area contributed by atoms with E-state index in [4.69, 9.17) is 9.47 Å². The second-order valence-corrected chi connectivity index (χ2v) is 17.5. The Balaban J connectivity index is 0.910. The first-order valence-electron chi connectivity index (χ1n) is 22.4. The van der Waals surface area contributed by atoms with Crippen molar-refractivity contribution < 1.29 is 9.47 Å². The van der Waals surface area contributed by atoms with Gasteiger partial charge in [-0.25, -0.2) is 0 Å². The van der Waals surface area contributed by atoms with E-state index in [2.05, 4.69) is 241 Å². The predicted octanol–water partition coefficient (Wildman–Crippen LogP) is 15.8. The first kappa shape index (κ1) is 36.1. The number of ether oxygens (including phenoxy) is 2. The zero-order valence-electron chi connectivity index (χ0n) is 35.3. The van der Waals surface area contributed by atoms with E-state index in [9.17, 15) is 0 Å². The minimum absolute atomic E-state index is 0.486. The first-order valence-corrected chi connectivity index (χ1v) is 22.4. The van der Waals surface area contributed by atoms with Crippen LogP contribution in [0.1, 0.15) is 44.5 Å². The van der Waals surface area contributed by atoms with Crippen LogP contribution in [-0.2, 0) is 10.8 Å². The minimum Gasteiger partial charge on any atom is -0.457 e. The van der Waals surface area contributed by atoms with Crippen LogP contribution in [0.4, 0.5) is 17.1 Å². The number of fused-ring (bicyclic) bond motifs is 18. The molecule has 65 heavy (non-hydrogen) atoms. The van der Waals surface area contributed by atoms with E-state index in [1.165, 1.54) is 61.2 Å². The number of rotatable bonds is 4. The average Bonchev–Trinajstić information content (AvgIpc) is 3.82. The third-order valence-corrected chi connectivity index (χ3v) is 14.4. The zero-order chi connectivity index (χ0) is 42.7. The molecule has 0 bridgehead atoms. The Kier molecular flexibility index (Phi) is 7.53. The molecule has 3 nitrogen and oxygen atoms in total. The van der Waals surface area contributed by atoms with E-state index in [1.54, 1.807) is 0 Å². The molecule has 0 unspecified atom stereocenters. The zero-order valence-corrected chi connectivity index (χ0v) is 35.3. The van der Waals surface area contributed by atoms with Crippen molar-refractivity contribution in [2.45, 2.75) is 10.8 Å². The van der Waals surface area contributed by atoms with E-state index < -0.39 is 10.8 Å². The van der Waals surface area contributed by atoms with Gasteiger partial charge in [0.2, 0.25) is 0 Å². The fourth-order valence-corrected chi connectivity index (χ4v) is 11.8. The third kappa shape index (κ3) is 4.84. The quantitative estimate of drug-likeness (QED) is 0.176. The summed E-state index contributed by atoms with van der Waals surface area (Å²) in [6.45, 7) is 0. The molecule has 0 aromatic heterocycles. The SMILES string of the molecule is c1ccc(N(c2ccc(-c3ccc4c(c3)-c3ccccc3C43c4ccccc4Oc4ccccc43)cc2)c2ccc3c(c2)C2(c4ccccc4Oc4ccccc42)c2ccccc2-3)cc1. The van der Waals surface area contributed by atoms with Crippen LogP contribution >= 0.6 is 0 Å². The molecular formula is C62H39NO2. The van der Waals surface area contributed by atoms with Crippen molar-refractivity contribution >= 4 is 17.1 Å². The lowest BCUT2D eigenvalue weighted by Gasteiger charge is -2.39. The van der Waals surface area contributed by atoms with Gasteiger partial charge in [-0.05, 0) is 122 Å². The highest BCUT2D eigenvalue weighted by atomic mass is 16.5. The molecule has 14 rings (SSSR count). The number of nitrogens with zero attached hydrogens (tertiary/aromatic N) is 1. The maximum absolute atomic E-state index is 6.64. The highest BCUT2D eigenvalue weighted by Crippen LogP contribution is 2.64. The van der Waals surface area contributed by atoms with Crippen molar-refractivity contribution in [1.29, 1.82) is 0 Å². The van der Waals surface area contributed by atoms with Crippen LogP contribution < -0.4 is 14.4 Å². The smallest absolute Gasteiger partial charge is 0.132 e. The summed E-state index contributed by atoms with van der Waals surface area (Å²) < 4.78 is 13.2. The second kappa shape index (κ2) is 13.6. The molecule has 0 saturated carbocycles. The Hall–Kier alpha value is -8.40. The van der Waals surface area contributed by atoms with Crippen LogP contribution in [0.5, 0.6) is 23.0 Å². The fraction of sp³-hybridized carbons (Fsp3) is 0.0323. The van der Waals surface area contributed by atoms with E-state index in [0.29, 0.717) is 0 Å². The van der Waals surface area contributed by atoms with Gasteiger partial charge in [-0.3, -0.25) is 0 Å². The van der Waals surface area contributed by atoms with Gasteiger partial charge in [0, 0.05) is 39.3 Å². The molecule has 304 valence electrons. The van der Waals surface area contributed by atoms with Gasteiger partial charge in [0.25, 0.3) is 0 Å². The van der Waals surface area contributed by atoms with Crippen molar-refractivity contribution in [2.75, 3.05) is 4.90 Å². The van der Waals surface area contributed by atoms with E-state index >= 15 is 0 Å². The molecule has 3 heteroatoms. The van der Waals surface area contributed by atoms with E-state index in [1.807, 2.05) is 0 Å². The summed E-state index contributed by atoms with van der Waals surface area (Å²) in [6.07, 6.45) is 0. The molecule has 2 spiro atoms. The van der Waals surface area contributed by atoms with Gasteiger partial charge in [-0.2, -0.15) is 0 Å². The molecule has 10 aromatic carbocycles. The van der Waals surface area contributed by atoms with Crippen molar-refractivity contribution in [3.05, 3.63) is 281 Å². The molecule has 0 saturated heterocycles. The molecule has 0 N–H and O–H groups in total. The number of hydrogen-bond acceptors (Lipinski definition) is 3. The molecule has 0 radical (unpaired) electrons. The Bertz CT molecular complexity index is 3480. The van der Waals surface area contributed by atoms with Crippen LogP contribution in [0.15, 0.2) is 237 Å². The van der Waals surface area contributed by atoms with Crippen molar-refractivity contribution in [1.82, 2.24) is 0 Å². The largest absolute Gasteiger partial charge is 0.457 e. The molecule has 2 heterocycles. The summed E-state index contributed by atoms with van der Waals surface area (Å²) in [4.78, 5) is 2.39. The molecule has 0 amide bonds. The van der Waals surface area contributed by atoms with E-state index in [0.717, 1.165) is 56.8 Å². The lowest BCUT2D eigenvalue weighted by atomic mass is 9.66. The molecular weight excluding hydrogens is 791 g/mol. The van der Waals surface area contributed by atoms with Gasteiger partial charge in [-0.15, -0.1) is 0 Å². The highest BCUT2D eigenvalue weighted by molar-refractivity contribution is 5.93. The third-order valence-electron chi connectivity index (χ3n) is 14.4. The molecule has 0 fully saturated rings. The normalized spacial score (nSPS) is 14.3. The topological polar surface area (TPSA) is 21.7 Å². The number of anilines is 3. The monoisotopic (exact) mass is 829 g/mol. The Morgan fingerprint density at radius 1 is 0.246 bits per heavy atom. The predicted molar refractivity (Wildman–Crippen MR) is 261 cm³/mol. The Labute approximate surface area is 378 Å². The Morgan fingerprint density at radius 2 is 0.631 bits per heavy atom. The lowest BCUT2D eigenvalue weighted by Crippen LogP contribution is -2.32. The maximum Gasteiger partial charge on any atom is 0.132 e. The van der Waals surface area contributed by atoms with Gasteiger partial charge in [0.1, 0.15) is 23.0 Å². The number of para-hydroxylation sites is 5. The van der Waals surface area contributed by atoms with Crippen LogP contribution in [0, 0.1) is 0 Å². The summed E-state index contributed by atoms with van der Waals surface area (Å²) in [6, 6.07) is 86.0. The summed E-state index contributed by atoms with van der Waals surface area (Å²) in [7, 11) is 0.